The topological polar surface area (TPSA) is 27.7 Å². The van der Waals surface area contributed by atoms with Crippen LogP contribution in [-0.4, -0.2) is 24.4 Å². The third kappa shape index (κ3) is 4.37. The maximum Gasteiger partial charge on any atom is 0.494 e. The average molecular weight is 318 g/mol. The van der Waals surface area contributed by atoms with E-state index in [9.17, 15) is 0 Å². The van der Waals surface area contributed by atoms with E-state index >= 15 is 0 Å². The fourth-order valence-corrected chi connectivity index (χ4v) is 2.69. The summed E-state index contributed by atoms with van der Waals surface area (Å²) in [6.45, 7) is 13.4. The molecule has 1 heterocycles. The molecule has 128 valence electrons. The first kappa shape index (κ1) is 18.5. The minimum absolute atomic E-state index is 0.293. The Balaban J connectivity index is 1.95. The molecule has 1 fully saturated rings. The Morgan fingerprint density at radius 1 is 1.00 bits per heavy atom. The molecule has 1 aromatic rings. The van der Waals surface area contributed by atoms with Gasteiger partial charge in [-0.25, -0.2) is 0 Å². The van der Waals surface area contributed by atoms with Gasteiger partial charge in [0.05, 0.1) is 23.9 Å². The highest BCUT2D eigenvalue weighted by Gasteiger charge is 2.51. The largest absolute Gasteiger partial charge is 0.494 e. The Labute approximate surface area is 141 Å². The van der Waals surface area contributed by atoms with Crippen molar-refractivity contribution in [3.8, 4) is 0 Å². The van der Waals surface area contributed by atoms with Crippen LogP contribution in [0.25, 0.3) is 0 Å². The SMILES string of the molecule is CCC[C@H](CC)OCc1ccc(B2OC(C)(C)C(C)(C)O2)cc1. The minimum atomic E-state index is -0.298. The number of hydrogen-bond donors (Lipinski definition) is 0. The zero-order valence-corrected chi connectivity index (χ0v) is 15.5. The molecule has 0 spiro atoms. The van der Waals surface area contributed by atoms with E-state index < -0.39 is 0 Å². The van der Waals surface area contributed by atoms with Gasteiger partial charge in [0, 0.05) is 0 Å². The second-order valence-electron chi connectivity index (χ2n) is 7.46. The van der Waals surface area contributed by atoms with Gasteiger partial charge in [0.1, 0.15) is 0 Å². The van der Waals surface area contributed by atoms with Crippen LogP contribution in [0.4, 0.5) is 0 Å². The molecule has 0 radical (unpaired) electrons. The zero-order valence-electron chi connectivity index (χ0n) is 15.5. The molecule has 0 aromatic heterocycles. The maximum atomic E-state index is 6.08. The van der Waals surface area contributed by atoms with Crippen LogP contribution in [0.1, 0.15) is 66.4 Å². The van der Waals surface area contributed by atoms with Crippen LogP contribution in [0.15, 0.2) is 24.3 Å². The highest BCUT2D eigenvalue weighted by molar-refractivity contribution is 6.62. The van der Waals surface area contributed by atoms with Crippen LogP contribution in [0.5, 0.6) is 0 Å². The molecular formula is C19H31BO3. The molecule has 1 aromatic carbocycles. The van der Waals surface area contributed by atoms with Gasteiger partial charge >= 0.3 is 7.12 Å². The molecule has 0 amide bonds. The third-order valence-electron chi connectivity index (χ3n) is 5.06. The molecule has 1 aliphatic heterocycles. The van der Waals surface area contributed by atoms with Gasteiger partial charge in [-0.15, -0.1) is 0 Å². The summed E-state index contributed by atoms with van der Waals surface area (Å²) < 4.78 is 18.2. The van der Waals surface area contributed by atoms with Crippen LogP contribution >= 0.6 is 0 Å². The standard InChI is InChI=1S/C19H31BO3/c1-7-9-17(8-2)21-14-15-10-12-16(13-11-15)20-22-18(3,4)19(5,6)23-20/h10-13,17H,7-9,14H2,1-6H3/t17-/m0/s1. The maximum absolute atomic E-state index is 6.08. The third-order valence-corrected chi connectivity index (χ3v) is 5.06. The van der Waals surface area contributed by atoms with E-state index in [-0.39, 0.29) is 18.3 Å². The fourth-order valence-electron chi connectivity index (χ4n) is 2.69. The molecule has 1 atom stereocenters. The summed E-state index contributed by atoms with van der Waals surface area (Å²) in [5.41, 5.74) is 1.66. The normalized spacial score (nSPS) is 20.7. The Morgan fingerprint density at radius 2 is 1.57 bits per heavy atom. The molecular weight excluding hydrogens is 287 g/mol. The second-order valence-corrected chi connectivity index (χ2v) is 7.46. The smallest absolute Gasteiger partial charge is 0.399 e. The van der Waals surface area contributed by atoms with Crippen molar-refractivity contribution in [2.45, 2.75) is 84.7 Å². The van der Waals surface area contributed by atoms with Gasteiger partial charge in [-0.1, -0.05) is 44.5 Å². The molecule has 0 aliphatic carbocycles. The van der Waals surface area contributed by atoms with Crippen LogP contribution in [0.3, 0.4) is 0 Å². The van der Waals surface area contributed by atoms with Crippen molar-refractivity contribution in [1.82, 2.24) is 0 Å². The summed E-state index contributed by atoms with van der Waals surface area (Å²) >= 11 is 0. The summed E-state index contributed by atoms with van der Waals surface area (Å²) in [6.07, 6.45) is 3.73. The van der Waals surface area contributed by atoms with Crippen molar-refractivity contribution >= 4 is 12.6 Å². The van der Waals surface area contributed by atoms with Gasteiger partial charge in [0.25, 0.3) is 0 Å². The van der Waals surface area contributed by atoms with Crippen molar-refractivity contribution in [3.05, 3.63) is 29.8 Å². The molecule has 0 unspecified atom stereocenters. The first-order valence-corrected chi connectivity index (χ1v) is 8.85. The van der Waals surface area contributed by atoms with Gasteiger partial charge < -0.3 is 14.0 Å². The molecule has 0 saturated carbocycles. The fraction of sp³-hybridized carbons (Fsp3) is 0.684. The van der Waals surface area contributed by atoms with E-state index in [1.165, 1.54) is 12.0 Å². The lowest BCUT2D eigenvalue weighted by Gasteiger charge is -2.32. The lowest BCUT2D eigenvalue weighted by atomic mass is 9.79. The van der Waals surface area contributed by atoms with E-state index in [2.05, 4.69) is 65.8 Å². The molecule has 4 heteroatoms. The number of benzene rings is 1. The predicted molar refractivity (Wildman–Crippen MR) is 95.9 cm³/mol. The predicted octanol–water partition coefficient (Wildman–Crippen LogP) is 4.08. The van der Waals surface area contributed by atoms with Crippen LogP contribution < -0.4 is 5.46 Å². The summed E-state index contributed by atoms with van der Waals surface area (Å²) in [4.78, 5) is 0. The van der Waals surface area contributed by atoms with E-state index in [4.69, 9.17) is 14.0 Å². The molecule has 0 N–H and O–H groups in total. The van der Waals surface area contributed by atoms with Crippen molar-refractivity contribution in [2.24, 2.45) is 0 Å². The number of ether oxygens (including phenoxy) is 1. The van der Waals surface area contributed by atoms with Crippen molar-refractivity contribution in [1.29, 1.82) is 0 Å². The summed E-state index contributed by atoms with van der Waals surface area (Å²) in [5.74, 6) is 0. The van der Waals surface area contributed by atoms with Gasteiger partial charge in [0.15, 0.2) is 0 Å². The van der Waals surface area contributed by atoms with E-state index in [0.717, 1.165) is 18.3 Å². The molecule has 1 aliphatic rings. The van der Waals surface area contributed by atoms with Crippen LogP contribution in [-0.2, 0) is 20.7 Å². The molecule has 3 nitrogen and oxygen atoms in total. The van der Waals surface area contributed by atoms with Crippen LogP contribution in [0, 0.1) is 0 Å². The van der Waals surface area contributed by atoms with E-state index in [1.54, 1.807) is 0 Å². The Hall–Kier alpha value is -0.835. The number of hydrogen-bond acceptors (Lipinski definition) is 3. The van der Waals surface area contributed by atoms with Crippen molar-refractivity contribution in [3.63, 3.8) is 0 Å². The Bertz CT molecular complexity index is 480. The second kappa shape index (κ2) is 7.37. The van der Waals surface area contributed by atoms with Crippen LogP contribution in [0.2, 0.25) is 0 Å². The Kier molecular flexibility index (Phi) is 5.93. The van der Waals surface area contributed by atoms with Gasteiger partial charge in [-0.05, 0) is 51.6 Å². The highest BCUT2D eigenvalue weighted by atomic mass is 16.7. The van der Waals surface area contributed by atoms with Gasteiger partial charge in [-0.3, -0.25) is 0 Å². The van der Waals surface area contributed by atoms with Crippen molar-refractivity contribution < 1.29 is 14.0 Å². The first-order valence-electron chi connectivity index (χ1n) is 8.85. The monoisotopic (exact) mass is 318 g/mol. The van der Waals surface area contributed by atoms with Gasteiger partial charge in [-0.2, -0.15) is 0 Å². The minimum Gasteiger partial charge on any atom is -0.399 e. The van der Waals surface area contributed by atoms with Crippen molar-refractivity contribution in [2.75, 3.05) is 0 Å². The highest BCUT2D eigenvalue weighted by Crippen LogP contribution is 2.36. The molecule has 1 saturated heterocycles. The van der Waals surface area contributed by atoms with E-state index in [1.807, 2.05) is 0 Å². The lowest BCUT2D eigenvalue weighted by molar-refractivity contribution is 0.00578. The summed E-state index contributed by atoms with van der Waals surface area (Å²) in [5, 5.41) is 0. The first-order chi connectivity index (χ1) is 10.8. The van der Waals surface area contributed by atoms with Gasteiger partial charge in [0.2, 0.25) is 0 Å². The lowest BCUT2D eigenvalue weighted by Crippen LogP contribution is -2.41. The average Bonchev–Trinajstić information content (AvgIpc) is 2.72. The summed E-state index contributed by atoms with van der Waals surface area (Å²) in [7, 11) is -0.293. The molecule has 0 bridgehead atoms. The number of rotatable bonds is 7. The zero-order chi connectivity index (χ0) is 17.1. The Morgan fingerprint density at radius 3 is 2.04 bits per heavy atom. The molecule has 23 heavy (non-hydrogen) atoms. The summed E-state index contributed by atoms with van der Waals surface area (Å²) in [6, 6.07) is 8.39. The van der Waals surface area contributed by atoms with E-state index in [0.29, 0.717) is 12.7 Å². The molecule has 2 rings (SSSR count). The quantitative estimate of drug-likeness (QED) is 0.709.